The number of hydrogen-bond donors (Lipinski definition) is 1. The maximum atomic E-state index is 10.7. The summed E-state index contributed by atoms with van der Waals surface area (Å²) in [6.45, 7) is 0. The number of anilines is 1. The van der Waals surface area contributed by atoms with Gasteiger partial charge in [0.15, 0.2) is 0 Å². The summed E-state index contributed by atoms with van der Waals surface area (Å²) in [6.07, 6.45) is 7.14. The fourth-order valence-electron chi connectivity index (χ4n) is 2.77. The number of allylic oxidation sites excluding steroid dienone is 1. The number of hydrogen-bond acceptors (Lipinski definition) is 6. The van der Waals surface area contributed by atoms with Crippen LogP contribution >= 0.6 is 0 Å². The van der Waals surface area contributed by atoms with Crippen LogP contribution in [0.25, 0.3) is 6.08 Å². The predicted octanol–water partition coefficient (Wildman–Crippen LogP) is 4.44. The van der Waals surface area contributed by atoms with Gasteiger partial charge in [0.2, 0.25) is 0 Å². The van der Waals surface area contributed by atoms with Crippen LogP contribution in [0.3, 0.4) is 0 Å². The van der Waals surface area contributed by atoms with Gasteiger partial charge in [0, 0.05) is 0 Å². The van der Waals surface area contributed by atoms with Gasteiger partial charge in [0.05, 0.1) is 23.7 Å². The molecule has 7 nitrogen and oxygen atoms in total. The highest BCUT2D eigenvalue weighted by Gasteiger charge is 2.27. The molecule has 0 spiro atoms. The third-order valence-electron chi connectivity index (χ3n) is 3.95. The molecule has 0 fully saturated rings. The molecule has 1 N–H and O–H groups in total. The molecule has 7 heteroatoms. The molecule has 1 aliphatic heterocycles. The van der Waals surface area contributed by atoms with Gasteiger partial charge in [-0.05, 0) is 48.6 Å². The molecule has 26 heavy (non-hydrogen) atoms. The van der Waals surface area contributed by atoms with Crippen LogP contribution in [-0.4, -0.2) is 4.92 Å². The lowest BCUT2D eigenvalue weighted by molar-refractivity contribution is -0.402. The highest BCUT2D eigenvalue weighted by molar-refractivity contribution is 5.55. The molecule has 1 aliphatic rings. The normalized spacial score (nSPS) is 16.7. The van der Waals surface area contributed by atoms with E-state index in [2.05, 4.69) is 5.43 Å². The molecule has 0 saturated carbocycles. The van der Waals surface area contributed by atoms with Gasteiger partial charge in [0.25, 0.3) is 0 Å². The number of hydrazine groups is 1. The first-order valence-electron chi connectivity index (χ1n) is 7.99. The summed E-state index contributed by atoms with van der Waals surface area (Å²) in [5.41, 5.74) is 5.13. The van der Waals surface area contributed by atoms with E-state index in [9.17, 15) is 10.1 Å². The minimum atomic E-state index is -0.561. The Morgan fingerprint density at radius 1 is 1.08 bits per heavy atom. The van der Waals surface area contributed by atoms with Crippen LogP contribution in [0, 0.1) is 10.1 Å². The first-order valence-corrected chi connectivity index (χ1v) is 7.99. The third-order valence-corrected chi connectivity index (χ3v) is 3.95. The number of nitrogens with one attached hydrogen (secondary N) is 1. The summed E-state index contributed by atoms with van der Waals surface area (Å²) in [5.74, 6) is 0.933. The largest absolute Gasteiger partial charge is 0.467 e. The second-order valence-corrected chi connectivity index (χ2v) is 5.67. The van der Waals surface area contributed by atoms with Gasteiger partial charge in [-0.15, -0.1) is 0 Å². The zero-order chi connectivity index (χ0) is 17.9. The Morgan fingerprint density at radius 3 is 2.62 bits per heavy atom. The molecule has 0 amide bonds. The van der Waals surface area contributed by atoms with Gasteiger partial charge in [-0.3, -0.25) is 20.5 Å². The summed E-state index contributed by atoms with van der Waals surface area (Å²) in [7, 11) is 0. The molecule has 4 rings (SSSR count). The van der Waals surface area contributed by atoms with Crippen molar-refractivity contribution < 1.29 is 13.8 Å². The Kier molecular flexibility index (Phi) is 4.03. The molecule has 1 aromatic carbocycles. The molecule has 0 bridgehead atoms. The Bertz CT molecular complexity index is 958. The molecular weight excluding hydrogens is 334 g/mol. The maximum Gasteiger partial charge on any atom is 0.433 e. The van der Waals surface area contributed by atoms with Gasteiger partial charge in [-0.2, -0.15) is 0 Å². The van der Waals surface area contributed by atoms with Gasteiger partial charge in [-0.25, -0.2) is 0 Å². The summed E-state index contributed by atoms with van der Waals surface area (Å²) < 4.78 is 10.7. The number of para-hydroxylation sites is 1. The van der Waals surface area contributed by atoms with Gasteiger partial charge in [0.1, 0.15) is 22.5 Å². The average molecular weight is 349 g/mol. The Hall–Kier alpha value is -3.74. The number of nitrogens with zero attached hydrogens (tertiary/aromatic N) is 2. The topological polar surface area (TPSA) is 84.7 Å². The Balaban J connectivity index is 1.59. The number of benzene rings is 1. The minimum Gasteiger partial charge on any atom is -0.467 e. The lowest BCUT2D eigenvalue weighted by Crippen LogP contribution is -2.33. The standard InChI is InChI=1S/C19H15N3O4/c23-22(24)19-11-10-16(26-19)9-8-14-13-17(18-7-4-12-25-18)21(20-14)15-5-2-1-3-6-15/h1-13,17,20H. The van der Waals surface area contributed by atoms with Crippen molar-refractivity contribution >= 4 is 17.6 Å². The van der Waals surface area contributed by atoms with Crippen molar-refractivity contribution in [2.45, 2.75) is 6.04 Å². The first kappa shape index (κ1) is 15.8. The van der Waals surface area contributed by atoms with E-state index in [0.717, 1.165) is 17.1 Å². The minimum absolute atomic E-state index is 0.113. The molecule has 3 aromatic rings. The van der Waals surface area contributed by atoms with Gasteiger partial charge >= 0.3 is 5.88 Å². The van der Waals surface area contributed by atoms with Gasteiger partial charge < -0.3 is 8.83 Å². The predicted molar refractivity (Wildman–Crippen MR) is 96.0 cm³/mol. The van der Waals surface area contributed by atoms with Crippen molar-refractivity contribution in [1.82, 2.24) is 5.43 Å². The quantitative estimate of drug-likeness (QED) is 0.541. The zero-order valence-corrected chi connectivity index (χ0v) is 13.6. The Labute approximate surface area is 149 Å². The van der Waals surface area contributed by atoms with Crippen molar-refractivity contribution in [3.05, 3.63) is 100 Å². The van der Waals surface area contributed by atoms with Crippen molar-refractivity contribution in [2.75, 3.05) is 5.01 Å². The second-order valence-electron chi connectivity index (χ2n) is 5.67. The van der Waals surface area contributed by atoms with Crippen LogP contribution in [-0.2, 0) is 0 Å². The highest BCUT2D eigenvalue weighted by atomic mass is 16.6. The summed E-state index contributed by atoms with van der Waals surface area (Å²) in [5, 5.41) is 12.7. The Morgan fingerprint density at radius 2 is 1.92 bits per heavy atom. The molecule has 3 heterocycles. The molecular formula is C19H15N3O4. The van der Waals surface area contributed by atoms with Crippen LogP contribution in [0.1, 0.15) is 17.6 Å². The summed E-state index contributed by atoms with van der Waals surface area (Å²) in [4.78, 5) is 10.1. The molecule has 0 saturated heterocycles. The van der Waals surface area contributed by atoms with E-state index in [0.29, 0.717) is 5.76 Å². The molecule has 130 valence electrons. The maximum absolute atomic E-state index is 10.7. The average Bonchev–Trinajstić information content (AvgIpc) is 3.39. The first-order chi connectivity index (χ1) is 12.7. The monoisotopic (exact) mass is 349 g/mol. The zero-order valence-electron chi connectivity index (χ0n) is 13.6. The highest BCUT2D eigenvalue weighted by Crippen LogP contribution is 2.32. The number of furan rings is 2. The second kappa shape index (κ2) is 6.64. The molecule has 2 aromatic heterocycles. The van der Waals surface area contributed by atoms with Crippen LogP contribution in [0.5, 0.6) is 0 Å². The summed E-state index contributed by atoms with van der Waals surface area (Å²) >= 11 is 0. The van der Waals surface area contributed by atoms with Crippen LogP contribution in [0.15, 0.2) is 87.5 Å². The number of rotatable bonds is 5. The molecule has 0 radical (unpaired) electrons. The number of nitro groups is 1. The van der Waals surface area contributed by atoms with E-state index in [1.54, 1.807) is 24.5 Å². The van der Waals surface area contributed by atoms with E-state index in [4.69, 9.17) is 8.83 Å². The van der Waals surface area contributed by atoms with E-state index in [-0.39, 0.29) is 11.9 Å². The SMILES string of the molecule is O=[N+]([O-])c1ccc(C=CC2=CC(c3ccco3)N(c3ccccc3)N2)o1. The molecule has 1 unspecified atom stereocenters. The van der Waals surface area contributed by atoms with E-state index < -0.39 is 4.92 Å². The van der Waals surface area contributed by atoms with Crippen LogP contribution < -0.4 is 10.4 Å². The lowest BCUT2D eigenvalue weighted by atomic mass is 10.2. The van der Waals surface area contributed by atoms with E-state index in [1.165, 1.54) is 6.07 Å². The smallest absolute Gasteiger partial charge is 0.433 e. The van der Waals surface area contributed by atoms with Crippen molar-refractivity contribution in [3.8, 4) is 0 Å². The van der Waals surface area contributed by atoms with Crippen molar-refractivity contribution in [3.63, 3.8) is 0 Å². The van der Waals surface area contributed by atoms with Crippen molar-refractivity contribution in [2.24, 2.45) is 0 Å². The van der Waals surface area contributed by atoms with E-state index >= 15 is 0 Å². The molecule has 1 atom stereocenters. The van der Waals surface area contributed by atoms with Gasteiger partial charge in [-0.1, -0.05) is 18.2 Å². The van der Waals surface area contributed by atoms with Crippen LogP contribution in [0.4, 0.5) is 11.6 Å². The fraction of sp³-hybridized carbons (Fsp3) is 0.0526. The van der Waals surface area contributed by atoms with Crippen LogP contribution in [0.2, 0.25) is 0 Å². The fourth-order valence-corrected chi connectivity index (χ4v) is 2.77. The third kappa shape index (κ3) is 3.10. The molecule has 0 aliphatic carbocycles. The van der Waals surface area contributed by atoms with E-state index in [1.807, 2.05) is 53.5 Å². The summed E-state index contributed by atoms with van der Waals surface area (Å²) in [6, 6.07) is 16.4. The van der Waals surface area contributed by atoms with Crippen molar-refractivity contribution in [1.29, 1.82) is 0 Å². The lowest BCUT2D eigenvalue weighted by Gasteiger charge is -2.25.